The van der Waals surface area contributed by atoms with Gasteiger partial charge in [0.25, 0.3) is 12.2 Å². The molecule has 0 aliphatic rings. The number of fused-ring (bicyclic) bond motifs is 1. The molecule has 0 saturated carbocycles. The topological polar surface area (TPSA) is 106 Å². The molecule has 1 atom stereocenters. The first-order valence-corrected chi connectivity index (χ1v) is 7.20. The molecule has 8 heteroatoms. The third kappa shape index (κ3) is 3.59. The van der Waals surface area contributed by atoms with Gasteiger partial charge in [0.1, 0.15) is 11.6 Å². The largest absolute Gasteiger partial charge is 0.460 e. The molecule has 23 heavy (non-hydrogen) atoms. The number of nitro benzene ring substituents is 1. The average Bonchev–Trinajstić information content (AvgIpc) is 2.96. The molecule has 0 fully saturated rings. The van der Waals surface area contributed by atoms with Gasteiger partial charge in [0, 0.05) is 49.2 Å². The molecule has 1 heterocycles. The second kappa shape index (κ2) is 7.59. The first kappa shape index (κ1) is 16.8. The quantitative estimate of drug-likeness (QED) is 0.318. The van der Waals surface area contributed by atoms with Crippen LogP contribution in [-0.2, 0) is 14.3 Å². The lowest BCUT2D eigenvalue weighted by molar-refractivity contribution is -0.383. The maximum atomic E-state index is 11.2. The van der Waals surface area contributed by atoms with Gasteiger partial charge < -0.3 is 19.8 Å². The molecule has 2 rings (SSSR count). The van der Waals surface area contributed by atoms with Crippen LogP contribution < -0.4 is 5.32 Å². The van der Waals surface area contributed by atoms with E-state index in [-0.39, 0.29) is 5.69 Å². The molecule has 124 valence electrons. The molecule has 0 aliphatic carbocycles. The van der Waals surface area contributed by atoms with Crippen LogP contribution in [0, 0.1) is 10.1 Å². The van der Waals surface area contributed by atoms with Crippen LogP contribution >= 0.6 is 0 Å². The lowest BCUT2D eigenvalue weighted by atomic mass is 10.1. The van der Waals surface area contributed by atoms with Crippen LogP contribution in [0.15, 0.2) is 18.3 Å². The van der Waals surface area contributed by atoms with Crippen LogP contribution in [0.3, 0.4) is 0 Å². The van der Waals surface area contributed by atoms with E-state index in [1.807, 2.05) is 0 Å². The zero-order valence-electron chi connectivity index (χ0n) is 13.0. The second-order valence-electron chi connectivity index (χ2n) is 5.03. The summed E-state index contributed by atoms with van der Waals surface area (Å²) in [6.45, 7) is 3.36. The third-order valence-electron chi connectivity index (χ3n) is 3.58. The number of non-ortho nitro benzene ring substituents is 1. The molecular weight excluding hydrogens is 302 g/mol. The lowest BCUT2D eigenvalue weighted by Gasteiger charge is -2.12. The molecule has 0 aliphatic heterocycles. The van der Waals surface area contributed by atoms with Crippen molar-refractivity contribution in [2.75, 3.05) is 25.6 Å². The van der Waals surface area contributed by atoms with E-state index in [4.69, 9.17) is 9.47 Å². The van der Waals surface area contributed by atoms with Gasteiger partial charge in [0.2, 0.25) is 0 Å². The summed E-state index contributed by atoms with van der Waals surface area (Å²) in [7, 11) is 1.63. The molecule has 0 saturated heterocycles. The first-order chi connectivity index (χ1) is 11.1. The number of H-pyrrole nitrogens is 1. The Kier molecular flexibility index (Phi) is 5.53. The van der Waals surface area contributed by atoms with Crippen molar-refractivity contribution in [2.24, 2.45) is 0 Å². The normalized spacial score (nSPS) is 12.1. The van der Waals surface area contributed by atoms with E-state index >= 15 is 0 Å². The van der Waals surface area contributed by atoms with Crippen molar-refractivity contribution < 1.29 is 19.2 Å². The predicted octanol–water partition coefficient (Wildman–Crippen LogP) is 2.76. The number of aromatic amines is 1. The fourth-order valence-corrected chi connectivity index (χ4v) is 2.48. The van der Waals surface area contributed by atoms with Crippen LogP contribution in [0.1, 0.15) is 25.0 Å². The number of carbonyl (C=O) groups excluding carboxylic acids is 1. The molecule has 0 amide bonds. The van der Waals surface area contributed by atoms with E-state index in [1.54, 1.807) is 26.3 Å². The minimum absolute atomic E-state index is 0.0213. The Morgan fingerprint density at radius 2 is 2.26 bits per heavy atom. The van der Waals surface area contributed by atoms with Crippen molar-refractivity contribution in [3.63, 3.8) is 0 Å². The summed E-state index contributed by atoms with van der Waals surface area (Å²) in [6, 6.07) is 3.12. The average molecular weight is 321 g/mol. The fourth-order valence-electron chi connectivity index (χ4n) is 2.48. The van der Waals surface area contributed by atoms with Crippen molar-refractivity contribution in [1.82, 2.24) is 4.98 Å². The zero-order valence-corrected chi connectivity index (χ0v) is 13.0. The Balaban J connectivity index is 2.44. The maximum absolute atomic E-state index is 11.2. The number of carbonyl (C=O) groups is 1. The van der Waals surface area contributed by atoms with Crippen LogP contribution in [0.5, 0.6) is 0 Å². The number of ether oxygens (including phenoxy) is 2. The van der Waals surface area contributed by atoms with Gasteiger partial charge in [-0.25, -0.2) is 0 Å². The molecule has 0 bridgehead atoms. The zero-order chi connectivity index (χ0) is 16.8. The van der Waals surface area contributed by atoms with E-state index in [2.05, 4.69) is 10.3 Å². The molecule has 0 spiro atoms. The van der Waals surface area contributed by atoms with Crippen molar-refractivity contribution in [1.29, 1.82) is 0 Å². The molecule has 2 N–H and O–H groups in total. The van der Waals surface area contributed by atoms with E-state index in [0.29, 0.717) is 36.1 Å². The highest BCUT2D eigenvalue weighted by Crippen LogP contribution is 2.36. The number of benzene rings is 1. The minimum atomic E-state index is -0.511. The Hall–Kier alpha value is -2.61. The van der Waals surface area contributed by atoms with Crippen molar-refractivity contribution >= 4 is 28.7 Å². The van der Waals surface area contributed by atoms with E-state index < -0.39 is 11.0 Å². The third-order valence-corrected chi connectivity index (χ3v) is 3.58. The van der Waals surface area contributed by atoms with E-state index in [1.165, 1.54) is 6.07 Å². The van der Waals surface area contributed by atoms with Gasteiger partial charge in [0.15, 0.2) is 0 Å². The molecule has 1 aromatic carbocycles. The van der Waals surface area contributed by atoms with Gasteiger partial charge in [0.05, 0.1) is 4.92 Å². The van der Waals surface area contributed by atoms with Gasteiger partial charge in [-0.2, -0.15) is 0 Å². The highest BCUT2D eigenvalue weighted by atomic mass is 16.6. The number of rotatable bonds is 9. The van der Waals surface area contributed by atoms with Crippen molar-refractivity contribution in [2.45, 2.75) is 19.4 Å². The fraction of sp³-hybridized carbons (Fsp3) is 0.400. The summed E-state index contributed by atoms with van der Waals surface area (Å²) in [5, 5.41) is 15.1. The smallest absolute Gasteiger partial charge is 0.293 e. The number of nitrogens with one attached hydrogen (secondary N) is 2. The van der Waals surface area contributed by atoms with Crippen LogP contribution in [0.2, 0.25) is 0 Å². The van der Waals surface area contributed by atoms with E-state index in [0.717, 1.165) is 12.1 Å². The number of aromatic nitrogens is 1. The second-order valence-corrected chi connectivity index (χ2v) is 5.03. The molecule has 0 radical (unpaired) electrons. The molecular formula is C15H19N3O5. The van der Waals surface area contributed by atoms with Gasteiger partial charge in [-0.15, -0.1) is 0 Å². The predicted molar refractivity (Wildman–Crippen MR) is 85.5 cm³/mol. The highest BCUT2D eigenvalue weighted by Gasteiger charge is 2.21. The number of nitro groups is 1. The van der Waals surface area contributed by atoms with Crippen molar-refractivity contribution in [3.8, 4) is 0 Å². The first-order valence-electron chi connectivity index (χ1n) is 7.20. The van der Waals surface area contributed by atoms with Gasteiger partial charge in [-0.1, -0.05) is 0 Å². The SMILES string of the molecule is COCCCNc1ccc([N+](=O)[O-])c2[nH]cc(C(C)OC=O)c12. The van der Waals surface area contributed by atoms with Crippen LogP contribution in [0.4, 0.5) is 11.4 Å². The lowest BCUT2D eigenvalue weighted by Crippen LogP contribution is -2.06. The highest BCUT2D eigenvalue weighted by molar-refractivity contribution is 6.00. The van der Waals surface area contributed by atoms with Gasteiger partial charge in [-0.05, 0) is 19.4 Å². The van der Waals surface area contributed by atoms with Gasteiger partial charge >= 0.3 is 0 Å². The summed E-state index contributed by atoms with van der Waals surface area (Å²) < 4.78 is 9.98. The molecule has 2 aromatic rings. The van der Waals surface area contributed by atoms with Gasteiger partial charge in [-0.3, -0.25) is 14.9 Å². The summed E-state index contributed by atoms with van der Waals surface area (Å²) in [4.78, 5) is 24.2. The number of anilines is 1. The summed E-state index contributed by atoms with van der Waals surface area (Å²) in [6.07, 6.45) is 1.92. The molecule has 1 unspecified atom stereocenters. The summed E-state index contributed by atoms with van der Waals surface area (Å²) in [5.41, 5.74) is 1.82. The number of hydrogen-bond acceptors (Lipinski definition) is 6. The Bertz CT molecular complexity index is 698. The molecule has 1 aromatic heterocycles. The summed E-state index contributed by atoms with van der Waals surface area (Å²) >= 11 is 0. The van der Waals surface area contributed by atoms with Crippen LogP contribution in [-0.4, -0.2) is 36.6 Å². The number of nitrogens with zero attached hydrogens (tertiary/aromatic N) is 1. The minimum Gasteiger partial charge on any atom is -0.460 e. The Labute approximate surface area is 132 Å². The van der Waals surface area contributed by atoms with Crippen molar-refractivity contribution in [3.05, 3.63) is 34.0 Å². The number of methoxy groups -OCH3 is 1. The standard InChI is InChI=1S/C15H19N3O5/c1-10(23-9-19)11-8-17-15-13(18(20)21)5-4-12(14(11)15)16-6-3-7-22-2/h4-5,8-10,16-17H,3,6-7H2,1-2H3. The Morgan fingerprint density at radius 1 is 1.48 bits per heavy atom. The van der Waals surface area contributed by atoms with E-state index in [9.17, 15) is 14.9 Å². The Morgan fingerprint density at radius 3 is 2.91 bits per heavy atom. The monoisotopic (exact) mass is 321 g/mol. The summed E-state index contributed by atoms with van der Waals surface area (Å²) in [5.74, 6) is 0. The maximum Gasteiger partial charge on any atom is 0.293 e. The van der Waals surface area contributed by atoms with Crippen LogP contribution in [0.25, 0.3) is 10.9 Å². The number of hydrogen-bond donors (Lipinski definition) is 2. The molecule has 8 nitrogen and oxygen atoms in total.